The molecule has 0 bridgehead atoms. The summed E-state index contributed by atoms with van der Waals surface area (Å²) in [7, 11) is 0. The third-order valence-electron chi connectivity index (χ3n) is 3.17. The maximum absolute atomic E-state index is 11.7. The largest absolute Gasteiger partial charge is 0.380 e. The molecule has 0 aliphatic carbocycles. The van der Waals surface area contributed by atoms with Crippen LogP contribution in [-0.4, -0.2) is 43.7 Å². The topological polar surface area (TPSA) is 78.3 Å². The fourth-order valence-corrected chi connectivity index (χ4v) is 2.28. The summed E-state index contributed by atoms with van der Waals surface area (Å²) in [4.78, 5) is 16.3. The van der Waals surface area contributed by atoms with Gasteiger partial charge in [-0.1, -0.05) is 12.0 Å². The van der Waals surface area contributed by atoms with E-state index < -0.39 is 0 Å². The number of hydrogen-bond donors (Lipinski definition) is 0. The Morgan fingerprint density at radius 1 is 1.69 bits per heavy atom. The standard InChI is InChI=1S/C10H16N4O2/c1-10(6-16-7-10)5-14-4-8(2-9(14)15)3-12-13-11/h8H,2-7H2,1H3. The third-order valence-corrected chi connectivity index (χ3v) is 3.17. The van der Waals surface area contributed by atoms with Gasteiger partial charge in [0.15, 0.2) is 0 Å². The molecule has 88 valence electrons. The van der Waals surface area contributed by atoms with Gasteiger partial charge in [0.25, 0.3) is 0 Å². The number of rotatable bonds is 4. The molecule has 16 heavy (non-hydrogen) atoms. The van der Waals surface area contributed by atoms with Gasteiger partial charge in [0.05, 0.1) is 13.2 Å². The maximum atomic E-state index is 11.7. The van der Waals surface area contributed by atoms with Crippen molar-refractivity contribution in [2.45, 2.75) is 13.3 Å². The van der Waals surface area contributed by atoms with Crippen molar-refractivity contribution >= 4 is 5.91 Å². The monoisotopic (exact) mass is 224 g/mol. The van der Waals surface area contributed by atoms with Gasteiger partial charge >= 0.3 is 0 Å². The Kier molecular flexibility index (Phi) is 3.03. The second kappa shape index (κ2) is 4.31. The third kappa shape index (κ3) is 2.28. The summed E-state index contributed by atoms with van der Waals surface area (Å²) in [6, 6.07) is 0. The lowest BCUT2D eigenvalue weighted by molar-refractivity contribution is -0.140. The van der Waals surface area contributed by atoms with Crippen LogP contribution in [0.4, 0.5) is 0 Å². The highest BCUT2D eigenvalue weighted by Gasteiger charge is 2.39. The van der Waals surface area contributed by atoms with Gasteiger partial charge in [0.1, 0.15) is 0 Å². The Labute approximate surface area is 94.2 Å². The average molecular weight is 224 g/mol. The number of likely N-dealkylation sites (tertiary alicyclic amines) is 1. The molecule has 2 rings (SSSR count). The first-order valence-electron chi connectivity index (χ1n) is 5.49. The molecule has 2 aliphatic rings. The molecule has 0 aromatic heterocycles. The SMILES string of the molecule is CC1(CN2CC(CN=[N+]=[N-])CC2=O)COC1. The van der Waals surface area contributed by atoms with E-state index in [-0.39, 0.29) is 17.2 Å². The summed E-state index contributed by atoms with van der Waals surface area (Å²) in [6.07, 6.45) is 0.510. The quantitative estimate of drug-likeness (QED) is 0.408. The highest BCUT2D eigenvalue weighted by atomic mass is 16.5. The second-order valence-corrected chi connectivity index (χ2v) is 5.06. The van der Waals surface area contributed by atoms with E-state index in [9.17, 15) is 4.79 Å². The molecule has 6 nitrogen and oxygen atoms in total. The van der Waals surface area contributed by atoms with E-state index in [0.717, 1.165) is 19.8 Å². The molecule has 1 unspecified atom stereocenters. The summed E-state index contributed by atoms with van der Waals surface area (Å²) >= 11 is 0. The van der Waals surface area contributed by atoms with Crippen molar-refractivity contribution in [1.82, 2.24) is 4.90 Å². The van der Waals surface area contributed by atoms with Crippen LogP contribution in [0.15, 0.2) is 5.11 Å². The predicted molar refractivity (Wildman–Crippen MR) is 57.6 cm³/mol. The van der Waals surface area contributed by atoms with Crippen LogP contribution in [0.5, 0.6) is 0 Å². The summed E-state index contributed by atoms with van der Waals surface area (Å²) in [5, 5.41) is 3.53. The summed E-state index contributed by atoms with van der Waals surface area (Å²) < 4.78 is 5.17. The minimum Gasteiger partial charge on any atom is -0.380 e. The summed E-state index contributed by atoms with van der Waals surface area (Å²) in [5.74, 6) is 0.360. The molecular formula is C10H16N4O2. The smallest absolute Gasteiger partial charge is 0.222 e. The molecule has 2 aliphatic heterocycles. The van der Waals surface area contributed by atoms with E-state index in [1.165, 1.54) is 0 Å². The van der Waals surface area contributed by atoms with Crippen molar-refractivity contribution in [1.29, 1.82) is 0 Å². The van der Waals surface area contributed by atoms with Crippen molar-refractivity contribution in [2.24, 2.45) is 16.4 Å². The zero-order valence-corrected chi connectivity index (χ0v) is 9.43. The van der Waals surface area contributed by atoms with Crippen molar-refractivity contribution in [3.63, 3.8) is 0 Å². The molecule has 2 saturated heterocycles. The number of amides is 1. The zero-order valence-electron chi connectivity index (χ0n) is 9.43. The molecule has 0 saturated carbocycles. The first kappa shape index (κ1) is 11.2. The lowest BCUT2D eigenvalue weighted by atomic mass is 9.88. The van der Waals surface area contributed by atoms with Gasteiger partial charge in [-0.3, -0.25) is 4.79 Å². The van der Waals surface area contributed by atoms with Gasteiger partial charge in [0.2, 0.25) is 5.91 Å². The molecule has 2 fully saturated rings. The van der Waals surface area contributed by atoms with Crippen LogP contribution >= 0.6 is 0 Å². The number of ether oxygens (including phenoxy) is 1. The van der Waals surface area contributed by atoms with Crippen molar-refractivity contribution in [3.05, 3.63) is 10.4 Å². The number of carbonyl (C=O) groups is 1. The molecule has 1 atom stereocenters. The van der Waals surface area contributed by atoms with E-state index in [0.29, 0.717) is 19.5 Å². The van der Waals surface area contributed by atoms with Crippen molar-refractivity contribution in [2.75, 3.05) is 32.8 Å². The summed E-state index contributed by atoms with van der Waals surface area (Å²) in [6.45, 7) is 5.50. The molecule has 0 spiro atoms. The maximum Gasteiger partial charge on any atom is 0.222 e. The number of hydrogen-bond acceptors (Lipinski definition) is 3. The van der Waals surface area contributed by atoms with Gasteiger partial charge in [0, 0.05) is 36.4 Å². The highest BCUT2D eigenvalue weighted by Crippen LogP contribution is 2.30. The van der Waals surface area contributed by atoms with Crippen molar-refractivity contribution in [3.8, 4) is 0 Å². The van der Waals surface area contributed by atoms with E-state index >= 15 is 0 Å². The fourth-order valence-electron chi connectivity index (χ4n) is 2.28. The first-order chi connectivity index (χ1) is 7.63. The number of azide groups is 1. The molecule has 0 radical (unpaired) electrons. The highest BCUT2D eigenvalue weighted by molar-refractivity contribution is 5.78. The normalized spacial score (nSPS) is 27.4. The Morgan fingerprint density at radius 2 is 2.44 bits per heavy atom. The molecule has 6 heteroatoms. The lowest BCUT2D eigenvalue weighted by Crippen LogP contribution is -2.49. The van der Waals surface area contributed by atoms with Crippen LogP contribution in [-0.2, 0) is 9.53 Å². The molecule has 0 N–H and O–H groups in total. The van der Waals surface area contributed by atoms with E-state index in [1.807, 2.05) is 4.90 Å². The lowest BCUT2D eigenvalue weighted by Gasteiger charge is -2.40. The van der Waals surface area contributed by atoms with Gasteiger partial charge in [-0.25, -0.2) is 0 Å². The van der Waals surface area contributed by atoms with E-state index in [1.54, 1.807) is 0 Å². The first-order valence-corrected chi connectivity index (χ1v) is 5.49. The Balaban J connectivity index is 1.87. The van der Waals surface area contributed by atoms with Gasteiger partial charge in [-0.15, -0.1) is 0 Å². The Bertz CT molecular complexity index is 334. The molecule has 0 aromatic carbocycles. The van der Waals surface area contributed by atoms with E-state index in [2.05, 4.69) is 16.9 Å². The van der Waals surface area contributed by atoms with Gasteiger partial charge in [-0.2, -0.15) is 0 Å². The molecule has 2 heterocycles. The zero-order chi connectivity index (χ0) is 11.6. The average Bonchev–Trinajstić information content (AvgIpc) is 2.54. The van der Waals surface area contributed by atoms with E-state index in [4.69, 9.17) is 10.3 Å². The van der Waals surface area contributed by atoms with Crippen LogP contribution in [0.25, 0.3) is 10.4 Å². The molecular weight excluding hydrogens is 208 g/mol. The predicted octanol–water partition coefficient (Wildman–Crippen LogP) is 1.18. The second-order valence-electron chi connectivity index (χ2n) is 5.06. The fraction of sp³-hybridized carbons (Fsp3) is 0.900. The van der Waals surface area contributed by atoms with Crippen LogP contribution in [0.2, 0.25) is 0 Å². The minimum atomic E-state index is 0.128. The molecule has 1 amide bonds. The van der Waals surface area contributed by atoms with Crippen LogP contribution in [0.1, 0.15) is 13.3 Å². The molecule has 0 aromatic rings. The van der Waals surface area contributed by atoms with Crippen LogP contribution < -0.4 is 0 Å². The minimum absolute atomic E-state index is 0.128. The van der Waals surface area contributed by atoms with Crippen LogP contribution in [0, 0.1) is 11.3 Å². The number of nitrogens with zero attached hydrogens (tertiary/aromatic N) is 4. The van der Waals surface area contributed by atoms with Gasteiger partial charge in [-0.05, 0) is 11.4 Å². The Hall–Kier alpha value is -1.26. The van der Waals surface area contributed by atoms with Crippen molar-refractivity contribution < 1.29 is 9.53 Å². The summed E-state index contributed by atoms with van der Waals surface area (Å²) in [5.41, 5.74) is 8.36. The van der Waals surface area contributed by atoms with Gasteiger partial charge < -0.3 is 9.64 Å². The Morgan fingerprint density at radius 3 is 3.00 bits per heavy atom. The van der Waals surface area contributed by atoms with Crippen LogP contribution in [0.3, 0.4) is 0 Å². The number of carbonyl (C=O) groups excluding carboxylic acids is 1.